The Balaban J connectivity index is 1.77. The Morgan fingerprint density at radius 2 is 1.93 bits per heavy atom. The molecule has 28 heavy (non-hydrogen) atoms. The molecule has 1 amide bonds. The van der Waals surface area contributed by atoms with E-state index in [1.807, 2.05) is 75.4 Å². The van der Waals surface area contributed by atoms with Crippen LogP contribution in [0.2, 0.25) is 0 Å². The van der Waals surface area contributed by atoms with Crippen LogP contribution in [-0.2, 0) is 11.3 Å². The Bertz CT molecular complexity index is 789. The fraction of sp³-hybridized carbons (Fsp3) is 0.409. The third-order valence-corrected chi connectivity index (χ3v) is 4.42. The van der Waals surface area contributed by atoms with E-state index in [2.05, 4.69) is 5.32 Å². The topological polar surface area (TPSA) is 71.0 Å². The summed E-state index contributed by atoms with van der Waals surface area (Å²) in [7, 11) is 0. The van der Waals surface area contributed by atoms with Gasteiger partial charge in [-0.2, -0.15) is 0 Å². The van der Waals surface area contributed by atoms with Crippen LogP contribution in [0.5, 0.6) is 5.75 Å². The second kappa shape index (κ2) is 8.63. The number of nitrogens with zero attached hydrogens (tertiary/aromatic N) is 1. The van der Waals surface area contributed by atoms with Gasteiger partial charge in [0.2, 0.25) is 0 Å². The van der Waals surface area contributed by atoms with E-state index in [1.165, 1.54) is 0 Å². The van der Waals surface area contributed by atoms with E-state index in [4.69, 9.17) is 9.47 Å². The van der Waals surface area contributed by atoms with E-state index in [0.717, 1.165) is 11.1 Å². The average molecular weight is 384 g/mol. The monoisotopic (exact) mass is 384 g/mol. The third kappa shape index (κ3) is 5.24. The van der Waals surface area contributed by atoms with Gasteiger partial charge in [-0.05, 0) is 44.0 Å². The summed E-state index contributed by atoms with van der Waals surface area (Å²) >= 11 is 0. The van der Waals surface area contributed by atoms with Gasteiger partial charge in [0.05, 0.1) is 6.04 Å². The number of hydrogen-bond donors (Lipinski definition) is 2. The quantitative estimate of drug-likeness (QED) is 0.845. The first-order valence-electron chi connectivity index (χ1n) is 9.51. The van der Waals surface area contributed by atoms with Gasteiger partial charge in [-0.3, -0.25) is 10.2 Å². The standard InChI is InChI=1S/C22H28N2O4/c1-22(2,3)28-21(26)24-13-12-23-20(25)19(24)17-10-7-11-18(14-17)27-15-16-8-5-4-6-9-16/h4-11,14,19-20,23,25H,12-13,15H2,1-3H3. The van der Waals surface area contributed by atoms with Gasteiger partial charge in [-0.15, -0.1) is 0 Å². The molecule has 1 fully saturated rings. The largest absolute Gasteiger partial charge is 0.489 e. The molecule has 1 heterocycles. The molecular formula is C22H28N2O4. The van der Waals surface area contributed by atoms with Gasteiger partial charge in [0.1, 0.15) is 24.2 Å². The first-order valence-corrected chi connectivity index (χ1v) is 9.51. The predicted octanol–water partition coefficient (Wildman–Crippen LogP) is 3.47. The number of benzene rings is 2. The minimum Gasteiger partial charge on any atom is -0.489 e. The van der Waals surface area contributed by atoms with Crippen LogP contribution in [0.3, 0.4) is 0 Å². The number of hydrogen-bond acceptors (Lipinski definition) is 5. The Morgan fingerprint density at radius 1 is 1.18 bits per heavy atom. The molecule has 2 N–H and O–H groups in total. The summed E-state index contributed by atoms with van der Waals surface area (Å²) in [4.78, 5) is 14.2. The molecule has 3 rings (SSSR count). The van der Waals surface area contributed by atoms with Crippen molar-refractivity contribution in [3.8, 4) is 5.75 Å². The van der Waals surface area contributed by atoms with Crippen molar-refractivity contribution in [1.82, 2.24) is 10.2 Å². The van der Waals surface area contributed by atoms with Crippen molar-refractivity contribution in [2.75, 3.05) is 13.1 Å². The number of ether oxygens (including phenoxy) is 2. The highest BCUT2D eigenvalue weighted by Crippen LogP contribution is 2.30. The van der Waals surface area contributed by atoms with E-state index in [0.29, 0.717) is 25.4 Å². The minimum absolute atomic E-state index is 0.436. The van der Waals surface area contributed by atoms with Gasteiger partial charge in [0.15, 0.2) is 0 Å². The second-order valence-electron chi connectivity index (χ2n) is 7.86. The van der Waals surface area contributed by atoms with Crippen molar-refractivity contribution in [3.63, 3.8) is 0 Å². The fourth-order valence-corrected chi connectivity index (χ4v) is 3.17. The molecule has 0 saturated carbocycles. The Labute approximate surface area is 166 Å². The number of amides is 1. The Hall–Kier alpha value is -2.57. The molecule has 0 aromatic heterocycles. The van der Waals surface area contributed by atoms with Crippen LogP contribution >= 0.6 is 0 Å². The molecule has 2 unspecified atom stereocenters. The van der Waals surface area contributed by atoms with Crippen LogP contribution < -0.4 is 10.1 Å². The summed E-state index contributed by atoms with van der Waals surface area (Å²) < 4.78 is 11.4. The normalized spacial score (nSPS) is 19.9. The zero-order valence-corrected chi connectivity index (χ0v) is 16.6. The molecule has 150 valence electrons. The van der Waals surface area contributed by atoms with Crippen molar-refractivity contribution in [3.05, 3.63) is 65.7 Å². The highest BCUT2D eigenvalue weighted by Gasteiger charge is 2.36. The molecule has 1 aliphatic heterocycles. The molecule has 2 aromatic rings. The van der Waals surface area contributed by atoms with Gasteiger partial charge in [-0.25, -0.2) is 4.79 Å². The maximum absolute atomic E-state index is 12.7. The average Bonchev–Trinajstić information content (AvgIpc) is 2.66. The summed E-state index contributed by atoms with van der Waals surface area (Å²) in [5.41, 5.74) is 1.26. The lowest BCUT2D eigenvalue weighted by Gasteiger charge is -2.40. The lowest BCUT2D eigenvalue weighted by atomic mass is 10.0. The highest BCUT2D eigenvalue weighted by atomic mass is 16.6. The maximum atomic E-state index is 12.7. The fourth-order valence-electron chi connectivity index (χ4n) is 3.17. The summed E-state index contributed by atoms with van der Waals surface area (Å²) in [6, 6.07) is 16.8. The first kappa shape index (κ1) is 20.2. The van der Waals surface area contributed by atoms with E-state index >= 15 is 0 Å². The van der Waals surface area contributed by atoms with E-state index in [-0.39, 0.29) is 0 Å². The number of rotatable bonds is 4. The SMILES string of the molecule is CC(C)(C)OC(=O)N1CCNC(O)C1c1cccc(OCc2ccccc2)c1. The number of aliphatic hydroxyl groups excluding tert-OH is 1. The van der Waals surface area contributed by atoms with Crippen LogP contribution in [0.15, 0.2) is 54.6 Å². The number of carbonyl (C=O) groups is 1. The summed E-state index contributed by atoms with van der Waals surface area (Å²) in [6.07, 6.45) is -1.32. The third-order valence-electron chi connectivity index (χ3n) is 4.42. The molecule has 0 radical (unpaired) electrons. The van der Waals surface area contributed by atoms with Crippen molar-refractivity contribution >= 4 is 6.09 Å². The number of aliphatic hydroxyl groups is 1. The summed E-state index contributed by atoms with van der Waals surface area (Å²) in [5.74, 6) is 0.684. The zero-order valence-electron chi connectivity index (χ0n) is 16.6. The van der Waals surface area contributed by atoms with Crippen LogP contribution in [0.1, 0.15) is 37.9 Å². The zero-order chi connectivity index (χ0) is 20.1. The van der Waals surface area contributed by atoms with Crippen molar-refractivity contribution in [2.24, 2.45) is 0 Å². The molecule has 2 atom stereocenters. The summed E-state index contributed by atoms with van der Waals surface area (Å²) in [6.45, 7) is 6.89. The molecule has 1 saturated heterocycles. The highest BCUT2D eigenvalue weighted by molar-refractivity contribution is 5.69. The number of nitrogens with one attached hydrogen (secondary N) is 1. The van der Waals surface area contributed by atoms with Gasteiger partial charge >= 0.3 is 6.09 Å². The molecule has 6 heteroatoms. The lowest BCUT2D eigenvalue weighted by molar-refractivity contribution is -0.0306. The lowest BCUT2D eigenvalue weighted by Crippen LogP contribution is -2.55. The predicted molar refractivity (Wildman–Crippen MR) is 107 cm³/mol. The van der Waals surface area contributed by atoms with Crippen LogP contribution in [0, 0.1) is 0 Å². The molecule has 0 bridgehead atoms. The molecule has 6 nitrogen and oxygen atoms in total. The second-order valence-corrected chi connectivity index (χ2v) is 7.86. The van der Waals surface area contributed by atoms with Crippen LogP contribution in [0.25, 0.3) is 0 Å². The van der Waals surface area contributed by atoms with E-state index in [9.17, 15) is 9.90 Å². The molecular weight excluding hydrogens is 356 g/mol. The smallest absolute Gasteiger partial charge is 0.410 e. The van der Waals surface area contributed by atoms with Crippen LogP contribution in [-0.4, -0.2) is 41.0 Å². The van der Waals surface area contributed by atoms with E-state index < -0.39 is 24.0 Å². The number of carbonyl (C=O) groups excluding carboxylic acids is 1. The molecule has 0 spiro atoms. The van der Waals surface area contributed by atoms with Crippen molar-refractivity contribution < 1.29 is 19.4 Å². The van der Waals surface area contributed by atoms with Gasteiger partial charge in [0.25, 0.3) is 0 Å². The molecule has 1 aliphatic rings. The van der Waals surface area contributed by atoms with Crippen LogP contribution in [0.4, 0.5) is 4.79 Å². The van der Waals surface area contributed by atoms with Gasteiger partial charge < -0.3 is 14.6 Å². The maximum Gasteiger partial charge on any atom is 0.410 e. The first-order chi connectivity index (χ1) is 13.3. The Kier molecular flexibility index (Phi) is 6.21. The summed E-state index contributed by atoms with van der Waals surface area (Å²) in [5, 5.41) is 13.6. The molecule has 2 aromatic carbocycles. The van der Waals surface area contributed by atoms with Gasteiger partial charge in [0, 0.05) is 13.1 Å². The minimum atomic E-state index is -0.884. The van der Waals surface area contributed by atoms with Crippen molar-refractivity contribution in [2.45, 2.75) is 45.2 Å². The van der Waals surface area contributed by atoms with Crippen molar-refractivity contribution in [1.29, 1.82) is 0 Å². The number of piperazine rings is 1. The molecule has 0 aliphatic carbocycles. The van der Waals surface area contributed by atoms with Gasteiger partial charge in [-0.1, -0.05) is 42.5 Å². The Morgan fingerprint density at radius 3 is 2.64 bits per heavy atom. The van der Waals surface area contributed by atoms with E-state index in [1.54, 1.807) is 4.90 Å².